The molecule has 1 aliphatic carbocycles. The van der Waals surface area contributed by atoms with E-state index in [0.717, 1.165) is 25.7 Å². The molecule has 1 amide bonds. The summed E-state index contributed by atoms with van der Waals surface area (Å²) < 4.78 is 0. The van der Waals surface area contributed by atoms with Crippen molar-refractivity contribution in [3.8, 4) is 0 Å². The number of aromatic nitrogens is 1. The van der Waals surface area contributed by atoms with Crippen molar-refractivity contribution in [2.45, 2.75) is 44.2 Å². The van der Waals surface area contributed by atoms with E-state index in [1.807, 2.05) is 4.90 Å². The second kappa shape index (κ2) is 5.31. The number of carbonyl (C=O) groups excluding carboxylic acids is 1. The molecule has 1 aromatic heterocycles. The minimum absolute atomic E-state index is 0.0602. The van der Waals surface area contributed by atoms with Gasteiger partial charge in [-0.15, -0.1) is 0 Å². The Morgan fingerprint density at radius 1 is 1.43 bits per heavy atom. The first-order valence-corrected chi connectivity index (χ1v) is 7.26. The summed E-state index contributed by atoms with van der Waals surface area (Å²) in [5.74, 6) is 0.225. The molecule has 0 unspecified atom stereocenters. The SMILES string of the molecule is NC(=O)[C@@H]1C[C@@H]2CCCC[C@@H]2N1c1ncccc1[N+](=O)[O-]. The molecular formula is C14H18N4O3. The van der Waals surface area contributed by atoms with E-state index >= 15 is 0 Å². The number of nitrogens with two attached hydrogens (primary N) is 1. The molecule has 2 aliphatic rings. The number of anilines is 1. The lowest BCUT2D eigenvalue weighted by molar-refractivity contribution is -0.384. The topological polar surface area (TPSA) is 102 Å². The molecule has 1 saturated heterocycles. The van der Waals surface area contributed by atoms with Gasteiger partial charge < -0.3 is 10.6 Å². The second-order valence-electron chi connectivity index (χ2n) is 5.78. The van der Waals surface area contributed by atoms with Gasteiger partial charge in [0.2, 0.25) is 11.7 Å². The van der Waals surface area contributed by atoms with E-state index in [2.05, 4.69) is 4.98 Å². The summed E-state index contributed by atoms with van der Waals surface area (Å²) in [5.41, 5.74) is 5.47. The van der Waals surface area contributed by atoms with Crippen LogP contribution in [0.4, 0.5) is 11.5 Å². The maximum atomic E-state index is 11.8. The smallest absolute Gasteiger partial charge is 0.311 e. The average Bonchev–Trinajstić information content (AvgIpc) is 2.86. The first kappa shape index (κ1) is 13.8. The Labute approximate surface area is 122 Å². The van der Waals surface area contributed by atoms with Crippen LogP contribution in [-0.4, -0.2) is 27.9 Å². The number of nitro groups is 1. The lowest BCUT2D eigenvalue weighted by Crippen LogP contribution is -2.45. The van der Waals surface area contributed by atoms with Gasteiger partial charge in [0, 0.05) is 18.3 Å². The third-order valence-electron chi connectivity index (χ3n) is 4.62. The zero-order valence-electron chi connectivity index (χ0n) is 11.6. The number of hydrogen-bond acceptors (Lipinski definition) is 5. The second-order valence-corrected chi connectivity index (χ2v) is 5.78. The van der Waals surface area contributed by atoms with Gasteiger partial charge in [-0.1, -0.05) is 12.8 Å². The monoisotopic (exact) mass is 290 g/mol. The van der Waals surface area contributed by atoms with Crippen LogP contribution in [0.2, 0.25) is 0 Å². The zero-order chi connectivity index (χ0) is 15.0. The summed E-state index contributed by atoms with van der Waals surface area (Å²) in [6.45, 7) is 0. The van der Waals surface area contributed by atoms with E-state index in [9.17, 15) is 14.9 Å². The Hall–Kier alpha value is -2.18. The van der Waals surface area contributed by atoms with Crippen LogP contribution in [0.1, 0.15) is 32.1 Å². The fourth-order valence-electron chi connectivity index (χ4n) is 3.75. The molecule has 2 fully saturated rings. The average molecular weight is 290 g/mol. The number of carbonyl (C=O) groups is 1. The molecule has 1 saturated carbocycles. The van der Waals surface area contributed by atoms with Crippen molar-refractivity contribution in [2.75, 3.05) is 4.90 Å². The first-order valence-electron chi connectivity index (χ1n) is 7.26. The fourth-order valence-corrected chi connectivity index (χ4v) is 3.75. The van der Waals surface area contributed by atoms with E-state index in [4.69, 9.17) is 5.73 Å². The predicted octanol–water partition coefficient (Wildman–Crippen LogP) is 1.61. The van der Waals surface area contributed by atoms with Gasteiger partial charge in [-0.3, -0.25) is 14.9 Å². The van der Waals surface area contributed by atoms with Crippen molar-refractivity contribution < 1.29 is 9.72 Å². The quantitative estimate of drug-likeness (QED) is 0.673. The molecule has 0 aromatic carbocycles. The Kier molecular flexibility index (Phi) is 3.48. The summed E-state index contributed by atoms with van der Waals surface area (Å²) in [5, 5.41) is 11.2. The van der Waals surface area contributed by atoms with Gasteiger partial charge in [0.1, 0.15) is 6.04 Å². The Bertz CT molecular complexity index is 577. The third kappa shape index (κ3) is 2.32. The minimum atomic E-state index is -0.494. The molecule has 21 heavy (non-hydrogen) atoms. The van der Waals surface area contributed by atoms with Crippen LogP contribution in [0.25, 0.3) is 0 Å². The van der Waals surface area contributed by atoms with Crippen LogP contribution in [0.5, 0.6) is 0 Å². The summed E-state index contributed by atoms with van der Waals surface area (Å²) >= 11 is 0. The maximum Gasteiger partial charge on any atom is 0.311 e. The van der Waals surface area contributed by atoms with Crippen LogP contribution in [0, 0.1) is 16.0 Å². The molecule has 7 heteroatoms. The summed E-state index contributed by atoms with van der Waals surface area (Å²) in [6, 6.07) is 2.60. The van der Waals surface area contributed by atoms with Crippen LogP contribution >= 0.6 is 0 Å². The summed E-state index contributed by atoms with van der Waals surface area (Å²) in [7, 11) is 0. The molecule has 2 heterocycles. The van der Waals surface area contributed by atoms with Crippen LogP contribution in [0.15, 0.2) is 18.3 Å². The predicted molar refractivity (Wildman–Crippen MR) is 76.7 cm³/mol. The van der Waals surface area contributed by atoms with Gasteiger partial charge in [0.15, 0.2) is 0 Å². The summed E-state index contributed by atoms with van der Waals surface area (Å²) in [6.07, 6.45) is 6.40. The van der Waals surface area contributed by atoms with Crippen LogP contribution < -0.4 is 10.6 Å². The Morgan fingerprint density at radius 3 is 2.90 bits per heavy atom. The normalized spacial score (nSPS) is 28.2. The molecule has 1 aromatic rings. The van der Waals surface area contributed by atoms with E-state index in [0.29, 0.717) is 12.3 Å². The fraction of sp³-hybridized carbons (Fsp3) is 0.571. The van der Waals surface area contributed by atoms with E-state index in [1.54, 1.807) is 0 Å². The number of fused-ring (bicyclic) bond motifs is 1. The van der Waals surface area contributed by atoms with Crippen molar-refractivity contribution in [1.82, 2.24) is 4.98 Å². The highest BCUT2D eigenvalue weighted by molar-refractivity contribution is 5.85. The Morgan fingerprint density at radius 2 is 2.19 bits per heavy atom. The van der Waals surface area contributed by atoms with Gasteiger partial charge in [0.05, 0.1) is 4.92 Å². The summed E-state index contributed by atoms with van der Waals surface area (Å²) in [4.78, 5) is 28.6. The standard InChI is InChI=1S/C14H18N4O3/c15-13(19)12-8-9-4-1-2-5-10(9)17(12)14-11(18(20)21)6-3-7-16-14/h3,6-7,9-10,12H,1-2,4-5,8H2,(H2,15,19)/t9-,10-,12-/m0/s1. The molecular weight excluding hydrogens is 272 g/mol. The highest BCUT2D eigenvalue weighted by Crippen LogP contribution is 2.43. The van der Waals surface area contributed by atoms with Gasteiger partial charge in [-0.2, -0.15) is 0 Å². The molecule has 2 N–H and O–H groups in total. The molecule has 3 atom stereocenters. The molecule has 112 valence electrons. The minimum Gasteiger partial charge on any atom is -0.368 e. The van der Waals surface area contributed by atoms with Gasteiger partial charge in [0.25, 0.3) is 0 Å². The molecule has 0 radical (unpaired) electrons. The van der Waals surface area contributed by atoms with Crippen molar-refractivity contribution in [3.63, 3.8) is 0 Å². The molecule has 1 aliphatic heterocycles. The number of hydrogen-bond donors (Lipinski definition) is 1. The van der Waals surface area contributed by atoms with E-state index in [1.165, 1.54) is 18.3 Å². The number of rotatable bonds is 3. The highest BCUT2D eigenvalue weighted by Gasteiger charge is 2.46. The van der Waals surface area contributed by atoms with E-state index < -0.39 is 16.9 Å². The lowest BCUT2D eigenvalue weighted by Gasteiger charge is -2.33. The molecule has 3 rings (SSSR count). The van der Waals surface area contributed by atoms with Crippen molar-refractivity contribution >= 4 is 17.4 Å². The number of amides is 1. The van der Waals surface area contributed by atoms with Crippen molar-refractivity contribution in [3.05, 3.63) is 28.4 Å². The molecule has 7 nitrogen and oxygen atoms in total. The molecule has 0 spiro atoms. The Balaban J connectivity index is 2.04. The first-order chi connectivity index (χ1) is 10.1. The number of pyridine rings is 1. The number of primary amides is 1. The van der Waals surface area contributed by atoms with Crippen molar-refractivity contribution in [2.24, 2.45) is 11.7 Å². The third-order valence-corrected chi connectivity index (χ3v) is 4.62. The van der Waals surface area contributed by atoms with E-state index in [-0.39, 0.29) is 17.5 Å². The van der Waals surface area contributed by atoms with Crippen molar-refractivity contribution in [1.29, 1.82) is 0 Å². The van der Waals surface area contributed by atoms with Crippen LogP contribution in [0.3, 0.4) is 0 Å². The van der Waals surface area contributed by atoms with Gasteiger partial charge in [-0.05, 0) is 31.2 Å². The highest BCUT2D eigenvalue weighted by atomic mass is 16.6. The van der Waals surface area contributed by atoms with Gasteiger partial charge >= 0.3 is 5.69 Å². The largest absolute Gasteiger partial charge is 0.368 e. The maximum absolute atomic E-state index is 11.8. The molecule has 0 bridgehead atoms. The lowest BCUT2D eigenvalue weighted by atomic mass is 9.84. The van der Waals surface area contributed by atoms with Gasteiger partial charge in [-0.25, -0.2) is 4.98 Å². The van der Waals surface area contributed by atoms with Crippen LogP contribution in [-0.2, 0) is 4.79 Å². The zero-order valence-corrected chi connectivity index (χ0v) is 11.6. The number of nitrogens with zero attached hydrogens (tertiary/aromatic N) is 3.